The molecule has 3 heterocycles. The zero-order valence-electron chi connectivity index (χ0n) is 29.6. The van der Waals surface area contributed by atoms with Gasteiger partial charge in [-0.05, 0) is 95.8 Å². The number of hydrogen-bond donors (Lipinski definition) is 0. The second-order valence-electron chi connectivity index (χ2n) is 14.2. The van der Waals surface area contributed by atoms with Crippen LogP contribution in [-0.4, -0.2) is 9.13 Å². The van der Waals surface area contributed by atoms with Crippen LogP contribution in [0.25, 0.3) is 94.3 Å². The monoisotopic (exact) mass is 702 g/mol. The SMILES string of the molecule is N#Cc1cc(-c2ccccc2)cc(-c2ccc(-n3c4ccccc4c4c3c3c5c(oc3c3c6ccccc6n(-c6ccccc6)c34)C=CCC5)c(C#N)c2)c1. The predicted octanol–water partition coefficient (Wildman–Crippen LogP) is 12.7. The molecule has 1 aliphatic rings. The zero-order valence-corrected chi connectivity index (χ0v) is 29.6. The number of rotatable bonds is 4. The molecule has 0 atom stereocenters. The highest BCUT2D eigenvalue weighted by atomic mass is 16.3. The summed E-state index contributed by atoms with van der Waals surface area (Å²) >= 11 is 0. The Morgan fingerprint density at radius 2 is 1.20 bits per heavy atom. The fourth-order valence-corrected chi connectivity index (χ4v) is 8.88. The maximum absolute atomic E-state index is 10.9. The number of fused-ring (bicyclic) bond motifs is 12. The lowest BCUT2D eigenvalue weighted by molar-refractivity contribution is 0.598. The van der Waals surface area contributed by atoms with Crippen molar-refractivity contribution in [1.29, 1.82) is 10.5 Å². The van der Waals surface area contributed by atoms with Gasteiger partial charge in [0.15, 0.2) is 0 Å². The molecule has 0 amide bonds. The number of aromatic nitrogens is 2. The number of allylic oxidation sites excluding steroid dienone is 1. The minimum atomic E-state index is 0.540. The van der Waals surface area contributed by atoms with E-state index in [4.69, 9.17) is 4.42 Å². The van der Waals surface area contributed by atoms with E-state index in [-0.39, 0.29) is 0 Å². The zero-order chi connectivity index (χ0) is 36.6. The average molecular weight is 703 g/mol. The molecule has 0 bridgehead atoms. The van der Waals surface area contributed by atoms with Gasteiger partial charge in [-0.1, -0.05) is 97.1 Å². The normalized spacial score (nSPS) is 12.5. The van der Waals surface area contributed by atoms with Gasteiger partial charge >= 0.3 is 0 Å². The quantitative estimate of drug-likeness (QED) is 0.183. The first-order valence-corrected chi connectivity index (χ1v) is 18.5. The van der Waals surface area contributed by atoms with Gasteiger partial charge in [0.05, 0.1) is 50.3 Å². The van der Waals surface area contributed by atoms with Crippen molar-refractivity contribution in [2.45, 2.75) is 12.8 Å². The Hall–Kier alpha value is -7.60. The molecule has 0 N–H and O–H groups in total. The minimum absolute atomic E-state index is 0.540. The summed E-state index contributed by atoms with van der Waals surface area (Å²) in [5, 5.41) is 26.5. The Morgan fingerprint density at radius 3 is 1.95 bits per heavy atom. The molecule has 0 fully saturated rings. The second kappa shape index (κ2) is 12.0. The summed E-state index contributed by atoms with van der Waals surface area (Å²) in [5.74, 6) is 0.894. The highest BCUT2D eigenvalue weighted by molar-refractivity contribution is 6.36. The van der Waals surface area contributed by atoms with Crippen molar-refractivity contribution in [2.75, 3.05) is 0 Å². The van der Waals surface area contributed by atoms with Gasteiger partial charge in [0.25, 0.3) is 0 Å². The van der Waals surface area contributed by atoms with E-state index < -0.39 is 0 Å². The highest BCUT2D eigenvalue weighted by Gasteiger charge is 2.30. The third-order valence-electron chi connectivity index (χ3n) is 11.2. The lowest BCUT2D eigenvalue weighted by Crippen LogP contribution is -2.00. The highest BCUT2D eigenvalue weighted by Crippen LogP contribution is 2.50. The van der Waals surface area contributed by atoms with Crippen LogP contribution >= 0.6 is 0 Å². The lowest BCUT2D eigenvalue weighted by atomic mass is 9.95. The number of aryl methyl sites for hydroxylation is 1. The van der Waals surface area contributed by atoms with Crippen molar-refractivity contribution in [3.05, 3.63) is 174 Å². The van der Waals surface area contributed by atoms with E-state index in [0.717, 1.165) is 107 Å². The van der Waals surface area contributed by atoms with Gasteiger partial charge in [0, 0.05) is 32.8 Å². The Kier molecular flexibility index (Phi) is 6.74. The molecule has 11 rings (SSSR count). The van der Waals surface area contributed by atoms with Gasteiger partial charge < -0.3 is 13.6 Å². The van der Waals surface area contributed by atoms with Crippen LogP contribution in [0.5, 0.6) is 0 Å². The van der Waals surface area contributed by atoms with Crippen molar-refractivity contribution in [3.8, 4) is 45.8 Å². The number of nitrogens with zero attached hydrogens (tertiary/aromatic N) is 4. The topological polar surface area (TPSA) is 70.6 Å². The summed E-state index contributed by atoms with van der Waals surface area (Å²) in [6.45, 7) is 0. The summed E-state index contributed by atoms with van der Waals surface area (Å²) in [4.78, 5) is 0. The molecule has 0 spiro atoms. The Bertz CT molecular complexity index is 3330. The number of para-hydroxylation sites is 3. The predicted molar refractivity (Wildman–Crippen MR) is 223 cm³/mol. The van der Waals surface area contributed by atoms with Crippen LogP contribution in [0.3, 0.4) is 0 Å². The maximum Gasteiger partial charge on any atom is 0.147 e. The van der Waals surface area contributed by atoms with E-state index in [1.807, 2.05) is 48.5 Å². The Labute approximate surface area is 316 Å². The molecule has 0 radical (unpaired) electrons. The molecule has 0 unspecified atom stereocenters. The van der Waals surface area contributed by atoms with Crippen molar-refractivity contribution >= 4 is 60.7 Å². The van der Waals surface area contributed by atoms with Crippen LogP contribution in [-0.2, 0) is 6.42 Å². The Balaban J connectivity index is 1.28. The molecule has 256 valence electrons. The first kappa shape index (κ1) is 31.0. The number of benzene rings is 7. The summed E-state index contributed by atoms with van der Waals surface area (Å²) in [7, 11) is 0. The van der Waals surface area contributed by atoms with Gasteiger partial charge in [-0.15, -0.1) is 0 Å². The fourth-order valence-electron chi connectivity index (χ4n) is 8.88. The molecule has 1 aliphatic carbocycles. The first-order chi connectivity index (χ1) is 27.2. The molecule has 5 nitrogen and oxygen atoms in total. The van der Waals surface area contributed by atoms with Crippen molar-refractivity contribution in [3.63, 3.8) is 0 Å². The van der Waals surface area contributed by atoms with Crippen LogP contribution in [0.4, 0.5) is 0 Å². The van der Waals surface area contributed by atoms with Crippen molar-refractivity contribution in [1.82, 2.24) is 9.13 Å². The van der Waals surface area contributed by atoms with E-state index in [0.29, 0.717) is 11.1 Å². The van der Waals surface area contributed by atoms with Gasteiger partial charge in [-0.3, -0.25) is 0 Å². The molecule has 3 aromatic heterocycles. The van der Waals surface area contributed by atoms with Crippen LogP contribution < -0.4 is 0 Å². The van der Waals surface area contributed by atoms with Gasteiger partial charge in [-0.25, -0.2) is 0 Å². The van der Waals surface area contributed by atoms with Crippen LogP contribution in [0, 0.1) is 22.7 Å². The van der Waals surface area contributed by atoms with Crippen LogP contribution in [0.1, 0.15) is 28.9 Å². The molecule has 0 saturated carbocycles. The third-order valence-corrected chi connectivity index (χ3v) is 11.2. The number of hydrogen-bond acceptors (Lipinski definition) is 3. The number of nitriles is 2. The van der Waals surface area contributed by atoms with E-state index in [1.165, 1.54) is 5.56 Å². The van der Waals surface area contributed by atoms with Gasteiger partial charge in [0.1, 0.15) is 17.4 Å². The van der Waals surface area contributed by atoms with Crippen molar-refractivity contribution in [2.24, 2.45) is 0 Å². The minimum Gasteiger partial charge on any atom is -0.456 e. The van der Waals surface area contributed by atoms with E-state index in [2.05, 4.69) is 130 Å². The summed E-state index contributed by atoms with van der Waals surface area (Å²) in [5.41, 5.74) is 13.0. The third kappa shape index (κ3) is 4.51. The lowest BCUT2D eigenvalue weighted by Gasteiger charge is -2.14. The van der Waals surface area contributed by atoms with E-state index >= 15 is 0 Å². The molecule has 10 aromatic rings. The van der Waals surface area contributed by atoms with Crippen LogP contribution in [0.15, 0.2) is 156 Å². The summed E-state index contributed by atoms with van der Waals surface area (Å²) < 4.78 is 11.6. The molecular formula is C50H30N4O. The van der Waals surface area contributed by atoms with E-state index in [9.17, 15) is 10.5 Å². The average Bonchev–Trinajstić information content (AvgIpc) is 3.92. The maximum atomic E-state index is 10.9. The molecule has 7 aromatic carbocycles. The first-order valence-electron chi connectivity index (χ1n) is 18.5. The standard InChI is InChI=1S/C50H30N4O/c51-29-31-25-34(32-13-3-1-4-14-32)28-35(26-31)33-23-24-41(36(27-33)30-52)54-43-21-11-7-17-38(43)45-48-46(50-47(49(45)54)40-19-9-12-22-44(40)55-50)39-18-8-10-20-42(39)53(48)37-15-5-2-6-16-37/h1-8,10-18,20-28H,9,19H2. The molecule has 5 heteroatoms. The molecule has 55 heavy (non-hydrogen) atoms. The van der Waals surface area contributed by atoms with Crippen molar-refractivity contribution < 1.29 is 4.42 Å². The summed E-state index contributed by atoms with van der Waals surface area (Å²) in [6, 6.07) is 54.7. The Morgan fingerprint density at radius 1 is 0.545 bits per heavy atom. The van der Waals surface area contributed by atoms with E-state index in [1.54, 1.807) is 0 Å². The van der Waals surface area contributed by atoms with Crippen LogP contribution in [0.2, 0.25) is 0 Å². The summed E-state index contributed by atoms with van der Waals surface area (Å²) in [6.07, 6.45) is 6.10. The number of furan rings is 1. The molecule has 0 saturated heterocycles. The van der Waals surface area contributed by atoms with Gasteiger partial charge in [0.2, 0.25) is 0 Å². The molecule has 0 aliphatic heterocycles. The second-order valence-corrected chi connectivity index (χ2v) is 14.2. The van der Waals surface area contributed by atoms with Gasteiger partial charge in [-0.2, -0.15) is 10.5 Å². The fraction of sp³-hybridized carbons (Fsp3) is 0.0400. The smallest absolute Gasteiger partial charge is 0.147 e. The molecular weight excluding hydrogens is 673 g/mol. The largest absolute Gasteiger partial charge is 0.456 e.